The second-order valence-electron chi connectivity index (χ2n) is 10.9. The van der Waals surface area contributed by atoms with Crippen molar-refractivity contribution in [3.8, 4) is 0 Å². The van der Waals surface area contributed by atoms with E-state index in [1.807, 2.05) is 60.7 Å². The summed E-state index contributed by atoms with van der Waals surface area (Å²) in [5, 5.41) is 17.2. The number of aliphatic hydroxyl groups excluding tert-OH is 1. The van der Waals surface area contributed by atoms with Crippen molar-refractivity contribution >= 4 is 65.6 Å². The van der Waals surface area contributed by atoms with Crippen LogP contribution in [0.5, 0.6) is 0 Å². The molecule has 0 spiro atoms. The first kappa shape index (κ1) is 29.1. The molecule has 2 amide bonds. The van der Waals surface area contributed by atoms with Crippen LogP contribution in [-0.4, -0.2) is 48.2 Å². The molecule has 1 aliphatic rings. The van der Waals surface area contributed by atoms with Crippen molar-refractivity contribution in [2.75, 3.05) is 11.9 Å². The van der Waals surface area contributed by atoms with Crippen LogP contribution in [0.4, 0.5) is 5.69 Å². The summed E-state index contributed by atoms with van der Waals surface area (Å²) in [5.74, 6) is -0.635. The number of likely N-dealkylation sites (N-methyl/N-ethyl adjacent to an activating group) is 1. The van der Waals surface area contributed by atoms with Gasteiger partial charge < -0.3 is 0 Å². The van der Waals surface area contributed by atoms with Crippen molar-refractivity contribution in [1.82, 2.24) is 14.9 Å². The number of aliphatic hydroxyl groups is 1. The predicted molar refractivity (Wildman–Crippen MR) is 171 cm³/mol. The molecule has 43 heavy (non-hydrogen) atoms. The van der Waals surface area contributed by atoms with Crippen molar-refractivity contribution < 1.29 is 14.7 Å². The number of hydrogen-bond acceptors (Lipinski definition) is 5. The van der Waals surface area contributed by atoms with Gasteiger partial charge in [0, 0.05) is 5.02 Å². The Morgan fingerprint density at radius 1 is 1.07 bits per heavy atom. The van der Waals surface area contributed by atoms with Crippen molar-refractivity contribution in [3.63, 3.8) is 0 Å². The maximum absolute atomic E-state index is 13.7. The topological polar surface area (TPSA) is 105 Å². The number of benzene rings is 3. The Bertz CT molecular complexity index is 1940. The molecular weight excluding hydrogens is 627 g/mol. The minimum atomic E-state index is -1.63. The number of para-hydroxylation sites is 1. The Balaban J connectivity index is 1.28. The minimum absolute atomic E-state index is 0.00868. The molecule has 2 N–H and O–H groups in total. The van der Waals surface area contributed by atoms with E-state index in [1.54, 1.807) is 28.6 Å². The molecule has 0 bridgehead atoms. The summed E-state index contributed by atoms with van der Waals surface area (Å²) in [7, 11) is 1.71. The average Bonchev–Trinajstić information content (AvgIpc) is 3.00. The zero-order valence-corrected chi connectivity index (χ0v) is 26.4. The number of pyridine rings is 2. The molecule has 8 nitrogen and oxygen atoms in total. The summed E-state index contributed by atoms with van der Waals surface area (Å²) >= 11 is 4.33. The number of carbonyl (C=O) groups is 2. The fraction of sp³-hybridized carbons (Fsp3) is 0.212. The molecule has 1 unspecified atom stereocenters. The number of anilines is 1. The Morgan fingerprint density at radius 2 is 1.84 bits per heavy atom. The fourth-order valence-electron chi connectivity index (χ4n) is 5.51. The second-order valence-corrected chi connectivity index (χ2v) is 16.4. The van der Waals surface area contributed by atoms with Crippen LogP contribution >= 0.6 is 11.6 Å². The third-order valence-corrected chi connectivity index (χ3v) is 11.9. The number of carbonyl (C=O) groups excluding carboxylic acids is 2. The van der Waals surface area contributed by atoms with Crippen LogP contribution < -0.4 is 15.6 Å². The molecule has 0 saturated heterocycles. The molecular formula is C33H30AsClN4O4. The summed E-state index contributed by atoms with van der Waals surface area (Å²) < 4.78 is 1.70. The number of hydrogen-bond donors (Lipinski definition) is 2. The number of nitrogens with zero attached hydrogens (tertiary/aromatic N) is 3. The van der Waals surface area contributed by atoms with Crippen molar-refractivity contribution in [1.29, 1.82) is 0 Å². The summed E-state index contributed by atoms with van der Waals surface area (Å²) in [6, 6.07) is 22.6. The summed E-state index contributed by atoms with van der Waals surface area (Å²) in [4.78, 5) is 46.1. The van der Waals surface area contributed by atoms with E-state index in [0.29, 0.717) is 37.7 Å². The molecule has 2 atom stereocenters. The number of nitrogens with one attached hydrogen (secondary N) is 1. The summed E-state index contributed by atoms with van der Waals surface area (Å²) in [6.07, 6.45) is 0.798. The average molecular weight is 657 g/mol. The van der Waals surface area contributed by atoms with Gasteiger partial charge in [-0.15, -0.1) is 0 Å². The van der Waals surface area contributed by atoms with E-state index in [9.17, 15) is 19.5 Å². The van der Waals surface area contributed by atoms with Gasteiger partial charge >= 0.3 is 242 Å². The van der Waals surface area contributed by atoms with Gasteiger partial charge in [-0.05, 0) is 0 Å². The van der Waals surface area contributed by atoms with Gasteiger partial charge in [0.1, 0.15) is 0 Å². The number of aromatic nitrogens is 2. The third-order valence-electron chi connectivity index (χ3n) is 7.76. The summed E-state index contributed by atoms with van der Waals surface area (Å²) in [5.41, 5.74) is 6.34. The number of fused-ring (bicyclic) bond motifs is 1. The van der Waals surface area contributed by atoms with E-state index >= 15 is 0 Å². The number of halogens is 1. The van der Waals surface area contributed by atoms with Gasteiger partial charge in [-0.2, -0.15) is 0 Å². The van der Waals surface area contributed by atoms with E-state index in [-0.39, 0.29) is 30.0 Å². The third kappa shape index (κ3) is 5.96. The quantitative estimate of drug-likeness (QED) is 0.228. The first-order chi connectivity index (χ1) is 20.7. The first-order valence-corrected chi connectivity index (χ1v) is 18.8. The van der Waals surface area contributed by atoms with Crippen LogP contribution in [0.3, 0.4) is 0 Å². The van der Waals surface area contributed by atoms with E-state index in [0.717, 1.165) is 22.0 Å². The van der Waals surface area contributed by atoms with E-state index in [2.05, 4.69) is 16.0 Å². The van der Waals surface area contributed by atoms with Crippen LogP contribution in [0.15, 0.2) is 83.8 Å². The first-order valence-electron chi connectivity index (χ1n) is 13.9. The molecule has 3 heterocycles. The van der Waals surface area contributed by atoms with Gasteiger partial charge in [0.2, 0.25) is 0 Å². The maximum atomic E-state index is 13.7. The van der Waals surface area contributed by atoms with Gasteiger partial charge in [-0.1, -0.05) is 11.6 Å². The Labute approximate surface area is 258 Å². The van der Waals surface area contributed by atoms with E-state index in [4.69, 9.17) is 11.6 Å². The normalized spacial score (nSPS) is 14.2. The van der Waals surface area contributed by atoms with Crippen LogP contribution in [0.25, 0.3) is 21.8 Å². The molecule has 0 radical (unpaired) electrons. The van der Waals surface area contributed by atoms with Gasteiger partial charge in [0.15, 0.2) is 0 Å². The molecule has 0 fully saturated rings. The SMILES string of the molecule is CN1C(=O)Cn2cc(C(=O)NCc3ccc(Cl)cc3)c(=O)c3cc(C[As](C)C[C@H](O)c4ccc5ccccc5n4)cc1c32. The van der Waals surface area contributed by atoms with Gasteiger partial charge in [-0.3, -0.25) is 0 Å². The molecule has 0 saturated carbocycles. The van der Waals surface area contributed by atoms with E-state index in [1.165, 1.54) is 6.20 Å². The zero-order valence-electron chi connectivity index (χ0n) is 23.8. The van der Waals surface area contributed by atoms with E-state index < -0.39 is 26.7 Å². The molecule has 3 aromatic carbocycles. The van der Waals surface area contributed by atoms with Crippen LogP contribution in [-0.2, 0) is 23.1 Å². The zero-order chi connectivity index (χ0) is 30.2. The Kier molecular flexibility index (Phi) is 8.10. The van der Waals surface area contributed by atoms with Crippen molar-refractivity contribution in [3.05, 3.63) is 117 Å². The molecule has 6 rings (SSSR count). The molecule has 218 valence electrons. The summed E-state index contributed by atoms with van der Waals surface area (Å²) in [6.45, 7) is 0.270. The van der Waals surface area contributed by atoms with Crippen LogP contribution in [0.2, 0.25) is 15.9 Å². The van der Waals surface area contributed by atoms with Gasteiger partial charge in [0.25, 0.3) is 0 Å². The standard InChI is InChI=1S/C33H30AsClN4O4/c1-34(16-29(40)27-12-9-22-5-3-4-6-26(22)37-27)15-21-13-24-31-28(14-21)38(2)30(41)19-39(31)18-25(32(24)42)33(43)36-17-20-7-10-23(35)11-8-20/h3-14,18,29,40H,15-17,19H2,1-2H3,(H,36,43)/t29-,34?/m0/s1. The number of amides is 2. The Hall–Kier alpha value is -3.97. The predicted octanol–water partition coefficient (Wildman–Crippen LogP) is 5.05. The van der Waals surface area contributed by atoms with Crippen LogP contribution in [0.1, 0.15) is 33.3 Å². The monoisotopic (exact) mass is 656 g/mol. The van der Waals surface area contributed by atoms with Crippen LogP contribution in [0, 0.1) is 0 Å². The second kappa shape index (κ2) is 12.0. The molecule has 1 aliphatic heterocycles. The van der Waals surface area contributed by atoms with Gasteiger partial charge in [-0.25, -0.2) is 0 Å². The van der Waals surface area contributed by atoms with Crippen molar-refractivity contribution in [2.24, 2.45) is 0 Å². The van der Waals surface area contributed by atoms with Gasteiger partial charge in [0.05, 0.1) is 0 Å². The molecule has 2 aromatic heterocycles. The molecule has 0 aliphatic carbocycles. The van der Waals surface area contributed by atoms with Crippen molar-refractivity contribution in [2.45, 2.75) is 35.3 Å². The number of rotatable bonds is 8. The fourth-order valence-corrected chi connectivity index (χ4v) is 9.23. The Morgan fingerprint density at radius 3 is 2.63 bits per heavy atom. The molecule has 10 heteroatoms. The molecule has 5 aromatic rings.